The van der Waals surface area contributed by atoms with Crippen molar-refractivity contribution in [1.82, 2.24) is 5.32 Å². The Morgan fingerprint density at radius 3 is 2.26 bits per heavy atom. The van der Waals surface area contributed by atoms with Gasteiger partial charge in [0.05, 0.1) is 5.92 Å². The molecule has 0 unspecified atom stereocenters. The Morgan fingerprint density at radius 2 is 1.70 bits per heavy atom. The smallest absolute Gasteiger partial charge is 0.306 e. The fraction of sp³-hybridized carbons (Fsp3) is 0.471. The van der Waals surface area contributed by atoms with Crippen LogP contribution in [0.5, 0.6) is 0 Å². The lowest BCUT2D eigenvalue weighted by Gasteiger charge is -2.25. The average molecular weight is 318 g/mol. The fourth-order valence-electron chi connectivity index (χ4n) is 2.88. The fourth-order valence-corrected chi connectivity index (χ4v) is 2.88. The monoisotopic (exact) mass is 318 g/mol. The van der Waals surface area contributed by atoms with Gasteiger partial charge in [0.2, 0.25) is 5.91 Å². The number of aryl methyl sites for hydroxylation is 1. The van der Waals surface area contributed by atoms with Gasteiger partial charge in [-0.1, -0.05) is 6.07 Å². The van der Waals surface area contributed by atoms with Crippen molar-refractivity contribution in [1.29, 1.82) is 0 Å². The van der Waals surface area contributed by atoms with Crippen molar-refractivity contribution in [3.63, 3.8) is 0 Å². The Kier molecular flexibility index (Phi) is 5.36. The van der Waals surface area contributed by atoms with Gasteiger partial charge in [-0.05, 0) is 50.3 Å². The predicted octanol–water partition coefficient (Wildman–Crippen LogP) is 2.18. The molecule has 1 aliphatic carbocycles. The van der Waals surface area contributed by atoms with E-state index in [9.17, 15) is 14.4 Å². The molecule has 23 heavy (non-hydrogen) atoms. The van der Waals surface area contributed by atoms with Crippen LogP contribution in [0.1, 0.15) is 41.6 Å². The first kappa shape index (κ1) is 17.0. The molecule has 6 nitrogen and oxygen atoms in total. The summed E-state index contributed by atoms with van der Waals surface area (Å²) in [5.74, 6) is -1.60. The molecule has 0 atom stereocenters. The zero-order chi connectivity index (χ0) is 17.0. The molecule has 0 aromatic heterocycles. The molecule has 6 heteroatoms. The normalized spacial score (nSPS) is 20.6. The molecule has 1 aromatic carbocycles. The predicted molar refractivity (Wildman–Crippen MR) is 86.3 cm³/mol. The Morgan fingerprint density at radius 1 is 1.09 bits per heavy atom. The van der Waals surface area contributed by atoms with Crippen LogP contribution in [0.15, 0.2) is 18.2 Å². The number of rotatable bonds is 4. The summed E-state index contributed by atoms with van der Waals surface area (Å²) < 4.78 is 0. The summed E-state index contributed by atoms with van der Waals surface area (Å²) in [7, 11) is 1.56. The number of amides is 2. The Hall–Kier alpha value is -2.37. The van der Waals surface area contributed by atoms with Gasteiger partial charge in [-0.25, -0.2) is 0 Å². The van der Waals surface area contributed by atoms with Crippen molar-refractivity contribution in [2.24, 2.45) is 11.8 Å². The van der Waals surface area contributed by atoms with Crippen LogP contribution in [-0.2, 0) is 9.59 Å². The van der Waals surface area contributed by atoms with Crippen LogP contribution in [0, 0.1) is 18.8 Å². The van der Waals surface area contributed by atoms with Gasteiger partial charge in [-0.2, -0.15) is 0 Å². The summed E-state index contributed by atoms with van der Waals surface area (Å²) >= 11 is 0. The number of aliphatic carboxylic acids is 1. The lowest BCUT2D eigenvalue weighted by Crippen LogP contribution is -2.29. The maximum absolute atomic E-state index is 12.4. The van der Waals surface area contributed by atoms with Crippen LogP contribution in [0.25, 0.3) is 0 Å². The van der Waals surface area contributed by atoms with Crippen LogP contribution in [-0.4, -0.2) is 29.9 Å². The van der Waals surface area contributed by atoms with E-state index in [-0.39, 0.29) is 23.7 Å². The summed E-state index contributed by atoms with van der Waals surface area (Å²) in [6.45, 7) is 1.87. The lowest BCUT2D eigenvalue weighted by atomic mass is 9.81. The van der Waals surface area contributed by atoms with Gasteiger partial charge in [-0.3, -0.25) is 14.4 Å². The summed E-state index contributed by atoms with van der Waals surface area (Å²) in [5, 5.41) is 14.4. The number of carbonyl (C=O) groups is 3. The largest absolute Gasteiger partial charge is 0.481 e. The second-order valence-electron chi connectivity index (χ2n) is 5.98. The van der Waals surface area contributed by atoms with Crippen molar-refractivity contribution < 1.29 is 19.5 Å². The Bertz CT molecular complexity index is 619. The number of nitrogens with one attached hydrogen (secondary N) is 2. The highest BCUT2D eigenvalue weighted by Gasteiger charge is 2.29. The third kappa shape index (κ3) is 4.09. The van der Waals surface area contributed by atoms with E-state index in [1.165, 1.54) is 0 Å². The Labute approximate surface area is 135 Å². The number of carboxylic acids is 1. The molecular weight excluding hydrogens is 296 g/mol. The lowest BCUT2D eigenvalue weighted by molar-refractivity contribution is -0.143. The molecule has 0 aliphatic heterocycles. The van der Waals surface area contributed by atoms with E-state index >= 15 is 0 Å². The van der Waals surface area contributed by atoms with Gasteiger partial charge in [0.25, 0.3) is 5.91 Å². The van der Waals surface area contributed by atoms with Gasteiger partial charge in [0.15, 0.2) is 0 Å². The molecule has 1 saturated carbocycles. The van der Waals surface area contributed by atoms with E-state index in [4.69, 9.17) is 5.11 Å². The molecule has 0 spiro atoms. The Balaban J connectivity index is 2.03. The first-order chi connectivity index (χ1) is 10.9. The van der Waals surface area contributed by atoms with Gasteiger partial charge in [0.1, 0.15) is 0 Å². The van der Waals surface area contributed by atoms with Crippen molar-refractivity contribution in [2.75, 3.05) is 12.4 Å². The second kappa shape index (κ2) is 7.26. The van der Waals surface area contributed by atoms with E-state index in [0.29, 0.717) is 36.9 Å². The van der Waals surface area contributed by atoms with Gasteiger partial charge in [-0.15, -0.1) is 0 Å². The van der Waals surface area contributed by atoms with Crippen LogP contribution in [0.2, 0.25) is 0 Å². The van der Waals surface area contributed by atoms with Crippen LogP contribution >= 0.6 is 0 Å². The van der Waals surface area contributed by atoms with Gasteiger partial charge < -0.3 is 15.7 Å². The molecule has 2 amide bonds. The highest BCUT2D eigenvalue weighted by Crippen LogP contribution is 2.30. The summed E-state index contributed by atoms with van der Waals surface area (Å²) in [5.41, 5.74) is 1.99. The van der Waals surface area contributed by atoms with Crippen LogP contribution in [0.4, 0.5) is 5.69 Å². The number of carboxylic acid groups (broad SMARTS) is 1. The minimum Gasteiger partial charge on any atom is -0.481 e. The molecule has 0 saturated heterocycles. The summed E-state index contributed by atoms with van der Waals surface area (Å²) in [6.07, 6.45) is 2.23. The standard InChI is InChI=1S/C17H22N2O4/c1-10-3-4-13(15(20)18-2)9-14(10)19-16(21)11-5-7-12(8-6-11)17(22)23/h3-4,9,11-12H,5-8H2,1-2H3,(H,18,20)(H,19,21)(H,22,23). The quantitative estimate of drug-likeness (QED) is 0.793. The molecule has 1 aliphatic rings. The van der Waals surface area contributed by atoms with Crippen molar-refractivity contribution in [2.45, 2.75) is 32.6 Å². The van der Waals surface area contributed by atoms with Gasteiger partial charge in [0, 0.05) is 24.2 Å². The molecular formula is C17H22N2O4. The number of hydrogen-bond acceptors (Lipinski definition) is 3. The van der Waals surface area contributed by atoms with Crippen LogP contribution in [0.3, 0.4) is 0 Å². The zero-order valence-electron chi connectivity index (χ0n) is 13.4. The highest BCUT2D eigenvalue weighted by molar-refractivity contribution is 5.98. The SMILES string of the molecule is CNC(=O)c1ccc(C)c(NC(=O)C2CCC(C(=O)O)CC2)c1. The molecule has 0 radical (unpaired) electrons. The minimum atomic E-state index is -0.780. The number of hydrogen-bond donors (Lipinski definition) is 3. The molecule has 0 bridgehead atoms. The van der Waals surface area contributed by atoms with Crippen molar-refractivity contribution >= 4 is 23.5 Å². The average Bonchev–Trinajstić information content (AvgIpc) is 2.56. The molecule has 3 N–H and O–H groups in total. The summed E-state index contributed by atoms with van der Waals surface area (Å²) in [6, 6.07) is 5.17. The maximum Gasteiger partial charge on any atom is 0.306 e. The van der Waals surface area contributed by atoms with Crippen molar-refractivity contribution in [3.05, 3.63) is 29.3 Å². The summed E-state index contributed by atoms with van der Waals surface area (Å²) in [4.78, 5) is 35.0. The highest BCUT2D eigenvalue weighted by atomic mass is 16.4. The van der Waals surface area contributed by atoms with Gasteiger partial charge >= 0.3 is 5.97 Å². The maximum atomic E-state index is 12.4. The van der Waals surface area contributed by atoms with Crippen LogP contribution < -0.4 is 10.6 Å². The topological polar surface area (TPSA) is 95.5 Å². The van der Waals surface area contributed by atoms with E-state index in [1.54, 1.807) is 25.2 Å². The first-order valence-electron chi connectivity index (χ1n) is 7.78. The molecule has 2 rings (SSSR count). The second-order valence-corrected chi connectivity index (χ2v) is 5.98. The molecule has 1 aromatic rings. The van der Waals surface area contributed by atoms with E-state index in [0.717, 1.165) is 5.56 Å². The molecule has 124 valence electrons. The third-order valence-electron chi connectivity index (χ3n) is 4.43. The number of benzene rings is 1. The zero-order valence-corrected chi connectivity index (χ0v) is 13.4. The molecule has 1 fully saturated rings. The minimum absolute atomic E-state index is 0.106. The van der Waals surface area contributed by atoms with E-state index in [2.05, 4.69) is 10.6 Å². The van der Waals surface area contributed by atoms with E-state index in [1.807, 2.05) is 6.92 Å². The number of carbonyl (C=O) groups excluding carboxylic acids is 2. The van der Waals surface area contributed by atoms with Crippen molar-refractivity contribution in [3.8, 4) is 0 Å². The first-order valence-corrected chi connectivity index (χ1v) is 7.78. The number of anilines is 1. The molecule has 0 heterocycles. The van der Waals surface area contributed by atoms with E-state index < -0.39 is 5.97 Å². The third-order valence-corrected chi connectivity index (χ3v) is 4.43.